The molecule has 0 radical (unpaired) electrons. The Morgan fingerprint density at radius 3 is 2.73 bits per heavy atom. The lowest BCUT2D eigenvalue weighted by Crippen LogP contribution is -2.43. The molecule has 1 N–H and O–H groups in total. The van der Waals surface area contributed by atoms with Crippen LogP contribution in [0.25, 0.3) is 0 Å². The molecule has 84 valence electrons. The van der Waals surface area contributed by atoms with Crippen LogP contribution in [0.3, 0.4) is 0 Å². The Morgan fingerprint density at radius 2 is 2.27 bits per heavy atom. The number of aryl methyl sites for hydroxylation is 1. The van der Waals surface area contributed by atoms with Gasteiger partial charge in [-0.05, 0) is 33.3 Å². The second kappa shape index (κ2) is 4.84. The lowest BCUT2D eigenvalue weighted by molar-refractivity contribution is 0.0882. The lowest BCUT2D eigenvalue weighted by Gasteiger charge is -2.24. The van der Waals surface area contributed by atoms with Crippen molar-refractivity contribution in [3.63, 3.8) is 0 Å². The first kappa shape index (κ1) is 12.3. The second-order valence-electron chi connectivity index (χ2n) is 4.21. The number of amides is 1. The average Bonchev–Trinajstić information content (AvgIpc) is 2.50. The maximum Gasteiger partial charge on any atom is 0.287 e. The van der Waals surface area contributed by atoms with Gasteiger partial charge < -0.3 is 9.73 Å². The summed E-state index contributed by atoms with van der Waals surface area (Å²) < 4.78 is 5.13. The van der Waals surface area contributed by atoms with Crippen molar-refractivity contribution in [2.75, 3.05) is 5.33 Å². The van der Waals surface area contributed by atoms with Gasteiger partial charge in [-0.1, -0.05) is 15.9 Å². The third-order valence-electron chi connectivity index (χ3n) is 2.24. The molecule has 0 bridgehead atoms. The molecule has 0 atom stereocenters. The summed E-state index contributed by atoms with van der Waals surface area (Å²) in [6.45, 7) is 5.84. The molecule has 0 aromatic carbocycles. The van der Waals surface area contributed by atoms with Crippen LogP contribution in [0.1, 0.15) is 36.4 Å². The third kappa shape index (κ3) is 3.38. The fourth-order valence-electron chi connectivity index (χ4n) is 1.27. The van der Waals surface area contributed by atoms with Gasteiger partial charge in [0.25, 0.3) is 5.91 Å². The predicted octanol–water partition coefficient (Wildman–Crippen LogP) is 2.88. The van der Waals surface area contributed by atoms with E-state index in [9.17, 15) is 4.79 Å². The van der Waals surface area contributed by atoms with Crippen LogP contribution in [0, 0.1) is 6.92 Å². The molecule has 4 heteroatoms. The minimum absolute atomic E-state index is 0.150. The number of carbonyl (C=O) groups excluding carboxylic acids is 1. The molecule has 0 saturated carbocycles. The Hall–Kier alpha value is -0.770. The minimum atomic E-state index is -0.222. The molecule has 1 rings (SSSR count). The van der Waals surface area contributed by atoms with Gasteiger partial charge in [-0.15, -0.1) is 0 Å². The number of furan rings is 1. The fraction of sp³-hybridized carbons (Fsp3) is 0.545. The zero-order valence-corrected chi connectivity index (χ0v) is 10.8. The van der Waals surface area contributed by atoms with E-state index in [4.69, 9.17) is 4.42 Å². The highest BCUT2D eigenvalue weighted by Crippen LogP contribution is 2.14. The van der Waals surface area contributed by atoms with E-state index >= 15 is 0 Å². The van der Waals surface area contributed by atoms with Gasteiger partial charge in [0.2, 0.25) is 0 Å². The van der Waals surface area contributed by atoms with Crippen molar-refractivity contribution >= 4 is 21.8 Å². The number of halogens is 1. The number of carbonyl (C=O) groups is 1. The number of alkyl halides is 1. The highest BCUT2D eigenvalue weighted by Gasteiger charge is 2.22. The first-order valence-corrected chi connectivity index (χ1v) is 6.01. The first-order chi connectivity index (χ1) is 6.96. The second-order valence-corrected chi connectivity index (χ2v) is 5.00. The van der Waals surface area contributed by atoms with Crippen LogP contribution in [0.5, 0.6) is 0 Å². The van der Waals surface area contributed by atoms with Crippen molar-refractivity contribution in [3.8, 4) is 0 Å². The summed E-state index contributed by atoms with van der Waals surface area (Å²) in [6.07, 6.45) is 2.40. The Morgan fingerprint density at radius 1 is 1.60 bits per heavy atom. The summed E-state index contributed by atoms with van der Waals surface area (Å²) in [5, 5.41) is 3.80. The lowest BCUT2D eigenvalue weighted by atomic mass is 10.0. The molecule has 0 aliphatic carbocycles. The molecule has 15 heavy (non-hydrogen) atoms. The molecule has 0 aliphatic rings. The molecule has 1 amide bonds. The normalized spacial score (nSPS) is 11.5. The van der Waals surface area contributed by atoms with E-state index in [-0.39, 0.29) is 11.4 Å². The van der Waals surface area contributed by atoms with E-state index in [0.717, 1.165) is 17.3 Å². The summed E-state index contributed by atoms with van der Waals surface area (Å²) in [7, 11) is 0. The zero-order valence-electron chi connectivity index (χ0n) is 9.26. The van der Waals surface area contributed by atoms with Crippen molar-refractivity contribution in [1.82, 2.24) is 5.32 Å². The van der Waals surface area contributed by atoms with E-state index in [1.807, 2.05) is 20.8 Å². The summed E-state index contributed by atoms with van der Waals surface area (Å²) in [4.78, 5) is 11.8. The number of rotatable bonds is 4. The topological polar surface area (TPSA) is 42.2 Å². The largest absolute Gasteiger partial charge is 0.459 e. The van der Waals surface area contributed by atoms with Crippen LogP contribution >= 0.6 is 15.9 Å². The monoisotopic (exact) mass is 273 g/mol. The molecule has 1 aromatic heterocycles. The highest BCUT2D eigenvalue weighted by molar-refractivity contribution is 9.09. The summed E-state index contributed by atoms with van der Waals surface area (Å²) in [5.74, 6) is 0.251. The average molecular weight is 274 g/mol. The molecule has 3 nitrogen and oxygen atoms in total. The van der Waals surface area contributed by atoms with Crippen LogP contribution < -0.4 is 5.32 Å². The van der Waals surface area contributed by atoms with E-state index in [1.165, 1.54) is 6.26 Å². The molecule has 0 fully saturated rings. The van der Waals surface area contributed by atoms with Crippen LogP contribution in [-0.4, -0.2) is 16.8 Å². The maximum absolute atomic E-state index is 11.8. The number of hydrogen-bond acceptors (Lipinski definition) is 2. The van der Waals surface area contributed by atoms with Gasteiger partial charge in [-0.25, -0.2) is 0 Å². The van der Waals surface area contributed by atoms with Crippen LogP contribution in [0.15, 0.2) is 16.7 Å². The van der Waals surface area contributed by atoms with Crippen molar-refractivity contribution < 1.29 is 9.21 Å². The van der Waals surface area contributed by atoms with Gasteiger partial charge in [-0.3, -0.25) is 4.79 Å². The third-order valence-corrected chi connectivity index (χ3v) is 2.64. The van der Waals surface area contributed by atoms with Crippen molar-refractivity contribution in [2.45, 2.75) is 32.7 Å². The molecule has 1 heterocycles. The summed E-state index contributed by atoms with van der Waals surface area (Å²) in [5.41, 5.74) is 0.641. The molecule has 0 spiro atoms. The zero-order chi connectivity index (χ0) is 11.5. The Balaban J connectivity index is 2.68. The van der Waals surface area contributed by atoms with Crippen molar-refractivity contribution in [2.24, 2.45) is 0 Å². The van der Waals surface area contributed by atoms with Crippen LogP contribution in [-0.2, 0) is 0 Å². The predicted molar refractivity (Wildman–Crippen MR) is 63.4 cm³/mol. The minimum Gasteiger partial charge on any atom is -0.459 e. The van der Waals surface area contributed by atoms with Crippen LogP contribution in [0.2, 0.25) is 0 Å². The Bertz CT molecular complexity index is 344. The highest BCUT2D eigenvalue weighted by atomic mass is 79.9. The quantitative estimate of drug-likeness (QED) is 0.858. The van der Waals surface area contributed by atoms with E-state index in [1.54, 1.807) is 6.07 Å². The summed E-state index contributed by atoms with van der Waals surface area (Å²) in [6, 6.07) is 1.78. The first-order valence-electron chi connectivity index (χ1n) is 4.89. The van der Waals surface area contributed by atoms with Gasteiger partial charge in [0.05, 0.1) is 6.26 Å². The molecular formula is C11H16BrNO2. The van der Waals surface area contributed by atoms with Gasteiger partial charge >= 0.3 is 0 Å². The molecule has 0 saturated heterocycles. The summed E-state index contributed by atoms with van der Waals surface area (Å²) >= 11 is 3.36. The van der Waals surface area contributed by atoms with Gasteiger partial charge in [-0.2, -0.15) is 0 Å². The standard InChI is InChI=1S/C11H16BrNO2/c1-8-4-7-15-9(8)10(14)13-11(2,3)5-6-12/h4,7H,5-6H2,1-3H3,(H,13,14). The van der Waals surface area contributed by atoms with E-state index in [0.29, 0.717) is 5.76 Å². The Kier molecular flexibility index (Phi) is 3.97. The number of nitrogens with one attached hydrogen (secondary N) is 1. The van der Waals surface area contributed by atoms with Gasteiger partial charge in [0.15, 0.2) is 5.76 Å². The smallest absolute Gasteiger partial charge is 0.287 e. The Labute approximate surface area is 98.4 Å². The van der Waals surface area contributed by atoms with E-state index < -0.39 is 0 Å². The fourth-order valence-corrected chi connectivity index (χ4v) is 2.26. The molecule has 0 aliphatic heterocycles. The van der Waals surface area contributed by atoms with E-state index in [2.05, 4.69) is 21.2 Å². The van der Waals surface area contributed by atoms with Crippen LogP contribution in [0.4, 0.5) is 0 Å². The maximum atomic E-state index is 11.8. The molecular weight excluding hydrogens is 258 g/mol. The van der Waals surface area contributed by atoms with Crippen molar-refractivity contribution in [1.29, 1.82) is 0 Å². The SMILES string of the molecule is Cc1ccoc1C(=O)NC(C)(C)CCBr. The number of hydrogen-bond donors (Lipinski definition) is 1. The molecule has 1 aromatic rings. The van der Waals surface area contributed by atoms with Crippen molar-refractivity contribution in [3.05, 3.63) is 23.7 Å². The molecule has 0 unspecified atom stereocenters. The van der Waals surface area contributed by atoms with Gasteiger partial charge in [0, 0.05) is 16.4 Å². The van der Waals surface area contributed by atoms with Gasteiger partial charge in [0.1, 0.15) is 0 Å².